The van der Waals surface area contributed by atoms with Gasteiger partial charge in [-0.15, -0.1) is 11.3 Å². The van der Waals surface area contributed by atoms with Crippen molar-refractivity contribution in [2.45, 2.75) is 13.5 Å². The fraction of sp³-hybridized carbons (Fsp3) is 0.368. The zero-order valence-electron chi connectivity index (χ0n) is 15.4. The SMILES string of the molecule is CCNC(=NCc1cn2ccsc2n1)N1CCN(c2ccccc2O)CC1. The number of aliphatic imine (C=N–C) groups is 1. The Kier molecular flexibility index (Phi) is 5.15. The first-order valence-corrected chi connectivity index (χ1v) is 10.1. The molecule has 0 amide bonds. The molecular weight excluding hydrogens is 360 g/mol. The number of anilines is 1. The number of rotatable bonds is 4. The van der Waals surface area contributed by atoms with Crippen molar-refractivity contribution in [1.29, 1.82) is 0 Å². The summed E-state index contributed by atoms with van der Waals surface area (Å²) in [5.74, 6) is 1.26. The number of fused-ring (bicyclic) bond motifs is 1. The van der Waals surface area contributed by atoms with E-state index < -0.39 is 0 Å². The predicted molar refractivity (Wildman–Crippen MR) is 110 cm³/mol. The molecule has 0 spiro atoms. The summed E-state index contributed by atoms with van der Waals surface area (Å²) in [6.07, 6.45) is 4.05. The number of hydrogen-bond donors (Lipinski definition) is 2. The number of para-hydroxylation sites is 2. The van der Waals surface area contributed by atoms with Crippen LogP contribution in [0.15, 0.2) is 47.0 Å². The summed E-state index contributed by atoms with van der Waals surface area (Å²) < 4.78 is 2.04. The van der Waals surface area contributed by atoms with Crippen LogP contribution in [-0.4, -0.2) is 58.1 Å². The summed E-state index contributed by atoms with van der Waals surface area (Å²) in [5.41, 5.74) is 1.88. The van der Waals surface area contributed by atoms with Crippen LogP contribution in [0.5, 0.6) is 5.75 Å². The van der Waals surface area contributed by atoms with Crippen LogP contribution >= 0.6 is 11.3 Å². The minimum Gasteiger partial charge on any atom is -0.506 e. The van der Waals surface area contributed by atoms with E-state index in [1.165, 1.54) is 0 Å². The molecule has 1 aliphatic heterocycles. The standard InChI is InChI=1S/C19H24N6OS/c1-2-20-18(21-13-15-14-25-11-12-27-19(25)22-15)24-9-7-23(8-10-24)16-5-3-4-6-17(16)26/h3-6,11-12,14,26H,2,7-10,13H2,1H3,(H,20,21). The Morgan fingerprint density at radius 1 is 1.26 bits per heavy atom. The van der Waals surface area contributed by atoms with E-state index in [0.29, 0.717) is 12.3 Å². The van der Waals surface area contributed by atoms with E-state index in [2.05, 4.69) is 27.0 Å². The predicted octanol–water partition coefficient (Wildman–Crippen LogP) is 2.39. The second kappa shape index (κ2) is 7.87. The molecule has 3 aromatic rings. The summed E-state index contributed by atoms with van der Waals surface area (Å²) >= 11 is 1.63. The molecule has 0 bridgehead atoms. The molecule has 2 aromatic heterocycles. The van der Waals surface area contributed by atoms with Gasteiger partial charge in [0.05, 0.1) is 17.9 Å². The number of phenols is 1. The molecule has 7 nitrogen and oxygen atoms in total. The highest BCUT2D eigenvalue weighted by molar-refractivity contribution is 7.15. The van der Waals surface area contributed by atoms with Crippen molar-refractivity contribution < 1.29 is 5.11 Å². The number of piperazine rings is 1. The number of phenolic OH excluding ortho intramolecular Hbond substituents is 1. The molecule has 0 unspecified atom stereocenters. The Morgan fingerprint density at radius 3 is 2.81 bits per heavy atom. The zero-order valence-corrected chi connectivity index (χ0v) is 16.2. The quantitative estimate of drug-likeness (QED) is 0.534. The third-order valence-corrected chi connectivity index (χ3v) is 5.44. The first-order valence-electron chi connectivity index (χ1n) is 9.22. The van der Waals surface area contributed by atoms with Crippen molar-refractivity contribution in [3.8, 4) is 5.75 Å². The average molecular weight is 385 g/mol. The number of benzene rings is 1. The minimum absolute atomic E-state index is 0.339. The van der Waals surface area contributed by atoms with Gasteiger partial charge in [0.25, 0.3) is 0 Å². The van der Waals surface area contributed by atoms with Gasteiger partial charge in [-0.05, 0) is 19.1 Å². The molecule has 4 rings (SSSR count). The van der Waals surface area contributed by atoms with E-state index in [1.807, 2.05) is 40.4 Å². The van der Waals surface area contributed by atoms with Crippen LogP contribution in [0.25, 0.3) is 4.96 Å². The lowest BCUT2D eigenvalue weighted by Gasteiger charge is -2.37. The number of aromatic nitrogens is 2. The monoisotopic (exact) mass is 384 g/mol. The third kappa shape index (κ3) is 3.85. The highest BCUT2D eigenvalue weighted by Gasteiger charge is 2.21. The van der Waals surface area contributed by atoms with E-state index in [4.69, 9.17) is 4.99 Å². The molecule has 1 saturated heterocycles. The molecule has 27 heavy (non-hydrogen) atoms. The largest absolute Gasteiger partial charge is 0.506 e. The maximum Gasteiger partial charge on any atom is 0.194 e. The number of imidazole rings is 1. The number of guanidine groups is 1. The molecule has 2 N–H and O–H groups in total. The van der Waals surface area contributed by atoms with Crippen LogP contribution < -0.4 is 10.2 Å². The van der Waals surface area contributed by atoms with Gasteiger partial charge in [0.15, 0.2) is 10.9 Å². The zero-order chi connectivity index (χ0) is 18.6. The van der Waals surface area contributed by atoms with Crippen molar-refractivity contribution in [2.24, 2.45) is 4.99 Å². The molecule has 0 saturated carbocycles. The second-order valence-corrected chi connectivity index (χ2v) is 7.33. The van der Waals surface area contributed by atoms with Gasteiger partial charge in [0.1, 0.15) is 5.75 Å². The van der Waals surface area contributed by atoms with E-state index in [1.54, 1.807) is 17.4 Å². The maximum atomic E-state index is 10.1. The molecule has 0 radical (unpaired) electrons. The van der Waals surface area contributed by atoms with Crippen molar-refractivity contribution in [3.63, 3.8) is 0 Å². The minimum atomic E-state index is 0.339. The lowest BCUT2D eigenvalue weighted by atomic mass is 10.2. The number of nitrogens with zero attached hydrogens (tertiary/aromatic N) is 5. The Bertz CT molecular complexity index is 897. The van der Waals surface area contributed by atoms with Crippen LogP contribution in [0.4, 0.5) is 5.69 Å². The lowest BCUT2D eigenvalue weighted by Crippen LogP contribution is -2.52. The molecule has 0 aliphatic carbocycles. The van der Waals surface area contributed by atoms with Gasteiger partial charge in [-0.3, -0.25) is 4.40 Å². The van der Waals surface area contributed by atoms with Gasteiger partial charge < -0.3 is 20.2 Å². The van der Waals surface area contributed by atoms with Crippen LogP contribution in [0.3, 0.4) is 0 Å². The Hall–Kier alpha value is -2.74. The Balaban J connectivity index is 1.42. The van der Waals surface area contributed by atoms with Gasteiger partial charge in [0, 0.05) is 50.5 Å². The molecule has 142 valence electrons. The summed E-state index contributed by atoms with van der Waals surface area (Å²) in [7, 11) is 0. The fourth-order valence-electron chi connectivity index (χ4n) is 3.32. The molecule has 1 fully saturated rings. The summed E-state index contributed by atoms with van der Waals surface area (Å²) in [6, 6.07) is 7.52. The average Bonchev–Trinajstić information content (AvgIpc) is 3.27. The number of thiazole rings is 1. The molecule has 3 heterocycles. The summed E-state index contributed by atoms with van der Waals surface area (Å²) in [4.78, 5) is 14.9. The Labute approximate surface area is 162 Å². The van der Waals surface area contributed by atoms with Gasteiger partial charge in [-0.1, -0.05) is 12.1 Å². The first kappa shape index (κ1) is 17.7. The second-order valence-electron chi connectivity index (χ2n) is 6.46. The first-order chi connectivity index (χ1) is 13.2. The van der Waals surface area contributed by atoms with E-state index in [0.717, 1.165) is 55.0 Å². The summed E-state index contributed by atoms with van der Waals surface area (Å²) in [6.45, 7) is 6.90. The lowest BCUT2D eigenvalue weighted by molar-refractivity contribution is 0.369. The van der Waals surface area contributed by atoms with Crippen LogP contribution in [0.1, 0.15) is 12.6 Å². The summed E-state index contributed by atoms with van der Waals surface area (Å²) in [5, 5.41) is 15.5. The van der Waals surface area contributed by atoms with E-state index in [-0.39, 0.29) is 0 Å². The van der Waals surface area contributed by atoms with Crippen molar-refractivity contribution in [1.82, 2.24) is 19.6 Å². The highest BCUT2D eigenvalue weighted by Crippen LogP contribution is 2.27. The maximum absolute atomic E-state index is 10.1. The normalized spacial score (nSPS) is 15.5. The van der Waals surface area contributed by atoms with Gasteiger partial charge in [0.2, 0.25) is 0 Å². The smallest absolute Gasteiger partial charge is 0.194 e. The topological polar surface area (TPSA) is 68.4 Å². The molecular formula is C19H24N6OS. The van der Waals surface area contributed by atoms with Crippen molar-refractivity contribution in [3.05, 3.63) is 47.7 Å². The van der Waals surface area contributed by atoms with Crippen LogP contribution in [0, 0.1) is 0 Å². The number of aromatic hydroxyl groups is 1. The molecule has 1 aromatic carbocycles. The van der Waals surface area contributed by atoms with Gasteiger partial charge in [-0.25, -0.2) is 9.98 Å². The van der Waals surface area contributed by atoms with Gasteiger partial charge >= 0.3 is 0 Å². The number of hydrogen-bond acceptors (Lipinski definition) is 5. The van der Waals surface area contributed by atoms with Crippen LogP contribution in [-0.2, 0) is 6.54 Å². The fourth-order valence-corrected chi connectivity index (χ4v) is 4.04. The van der Waals surface area contributed by atoms with Gasteiger partial charge in [-0.2, -0.15) is 0 Å². The number of nitrogens with one attached hydrogen (secondary N) is 1. The molecule has 0 atom stereocenters. The van der Waals surface area contributed by atoms with E-state index >= 15 is 0 Å². The van der Waals surface area contributed by atoms with Crippen LogP contribution in [0.2, 0.25) is 0 Å². The highest BCUT2D eigenvalue weighted by atomic mass is 32.1. The Morgan fingerprint density at radius 2 is 2.07 bits per heavy atom. The van der Waals surface area contributed by atoms with Crippen molar-refractivity contribution in [2.75, 3.05) is 37.6 Å². The molecule has 1 aliphatic rings. The third-order valence-electron chi connectivity index (χ3n) is 4.67. The van der Waals surface area contributed by atoms with Crippen molar-refractivity contribution >= 4 is 27.9 Å². The van der Waals surface area contributed by atoms with E-state index in [9.17, 15) is 5.11 Å². The molecule has 8 heteroatoms.